The van der Waals surface area contributed by atoms with Gasteiger partial charge in [0.2, 0.25) is 9.05 Å². The lowest BCUT2D eigenvalue weighted by Gasteiger charge is -2.10. The van der Waals surface area contributed by atoms with Gasteiger partial charge in [-0.25, -0.2) is 8.42 Å². The number of hydrogen-bond acceptors (Lipinski definition) is 4. The first-order chi connectivity index (χ1) is 8.33. The van der Waals surface area contributed by atoms with Crippen LogP contribution in [0.2, 0.25) is 0 Å². The Bertz CT molecular complexity index is 519. The summed E-state index contributed by atoms with van der Waals surface area (Å²) in [5.74, 6) is 1.18. The Hall–Kier alpha value is 0.0200. The SMILES string of the molecule is COc1cc(Br)c(OCCCS(=O)(=O)Cl)cc1Br. The second kappa shape index (κ2) is 6.98. The first-order valence-corrected chi connectivity index (χ1v) is 8.98. The van der Waals surface area contributed by atoms with E-state index in [0.29, 0.717) is 17.9 Å². The predicted molar refractivity (Wildman–Crippen MR) is 78.1 cm³/mol. The first kappa shape index (κ1) is 16.1. The minimum atomic E-state index is -3.46. The molecule has 0 bridgehead atoms. The van der Waals surface area contributed by atoms with Crippen LogP contribution in [-0.2, 0) is 9.05 Å². The standard InChI is InChI=1S/C10H11Br2ClO4S/c1-16-9-5-8(12)10(6-7(9)11)17-3-2-4-18(13,14)15/h5-6H,2-4H2,1H3. The minimum absolute atomic E-state index is 0.108. The number of methoxy groups -OCH3 is 1. The van der Waals surface area contributed by atoms with Gasteiger partial charge in [-0.2, -0.15) is 0 Å². The zero-order valence-electron chi connectivity index (χ0n) is 9.45. The summed E-state index contributed by atoms with van der Waals surface area (Å²) in [5.41, 5.74) is 0. The Kier molecular flexibility index (Phi) is 6.23. The fourth-order valence-electron chi connectivity index (χ4n) is 1.19. The number of halogens is 3. The van der Waals surface area contributed by atoms with Crippen molar-refractivity contribution in [2.45, 2.75) is 6.42 Å². The second-order valence-corrected chi connectivity index (χ2v) is 7.97. The van der Waals surface area contributed by atoms with Crippen molar-refractivity contribution in [1.82, 2.24) is 0 Å². The zero-order chi connectivity index (χ0) is 13.8. The summed E-state index contributed by atoms with van der Waals surface area (Å²) >= 11 is 6.68. The molecule has 4 nitrogen and oxygen atoms in total. The molecule has 0 aromatic heterocycles. The summed E-state index contributed by atoms with van der Waals surface area (Å²) in [5, 5.41) is 0. The molecule has 1 rings (SSSR count). The van der Waals surface area contributed by atoms with Crippen LogP contribution >= 0.6 is 42.5 Å². The minimum Gasteiger partial charge on any atom is -0.496 e. The molecule has 0 fully saturated rings. The highest BCUT2D eigenvalue weighted by atomic mass is 79.9. The maximum atomic E-state index is 10.7. The summed E-state index contributed by atoms with van der Waals surface area (Å²) in [4.78, 5) is 0. The first-order valence-electron chi connectivity index (χ1n) is 4.91. The third-order valence-corrected chi connectivity index (χ3v) is 4.48. The normalized spacial score (nSPS) is 11.3. The van der Waals surface area contributed by atoms with Gasteiger partial charge in [-0.3, -0.25) is 0 Å². The van der Waals surface area contributed by atoms with Gasteiger partial charge in [0.1, 0.15) is 11.5 Å². The van der Waals surface area contributed by atoms with Gasteiger partial charge in [-0.15, -0.1) is 0 Å². The molecule has 0 aliphatic rings. The predicted octanol–water partition coefficient (Wildman–Crippen LogP) is 3.56. The molecular formula is C10H11Br2ClO4S. The van der Waals surface area contributed by atoms with Crippen LogP contribution in [0.3, 0.4) is 0 Å². The van der Waals surface area contributed by atoms with E-state index in [4.69, 9.17) is 20.2 Å². The third kappa shape index (κ3) is 5.34. The van der Waals surface area contributed by atoms with E-state index in [-0.39, 0.29) is 12.4 Å². The largest absolute Gasteiger partial charge is 0.496 e. The zero-order valence-corrected chi connectivity index (χ0v) is 14.2. The van der Waals surface area contributed by atoms with E-state index < -0.39 is 9.05 Å². The highest BCUT2D eigenvalue weighted by Crippen LogP contribution is 2.35. The van der Waals surface area contributed by atoms with Crippen LogP contribution in [0, 0.1) is 0 Å². The van der Waals surface area contributed by atoms with E-state index in [2.05, 4.69) is 31.9 Å². The summed E-state index contributed by atoms with van der Waals surface area (Å²) in [6, 6.07) is 3.51. The molecule has 102 valence electrons. The molecule has 0 heterocycles. The van der Waals surface area contributed by atoms with Crippen molar-refractivity contribution in [3.8, 4) is 11.5 Å². The summed E-state index contributed by atoms with van der Waals surface area (Å²) < 4.78 is 33.5. The van der Waals surface area contributed by atoms with Gasteiger partial charge in [0.25, 0.3) is 0 Å². The van der Waals surface area contributed by atoms with Gasteiger partial charge < -0.3 is 9.47 Å². The lowest BCUT2D eigenvalue weighted by atomic mass is 10.3. The van der Waals surface area contributed by atoms with Crippen molar-refractivity contribution >= 4 is 51.6 Å². The molecule has 0 saturated carbocycles. The maximum Gasteiger partial charge on any atom is 0.232 e. The number of hydrogen-bond donors (Lipinski definition) is 0. The van der Waals surface area contributed by atoms with Gasteiger partial charge in [-0.1, -0.05) is 0 Å². The Morgan fingerprint density at radius 2 is 1.78 bits per heavy atom. The summed E-state index contributed by atoms with van der Waals surface area (Å²) in [6.45, 7) is 0.267. The Morgan fingerprint density at radius 3 is 2.33 bits per heavy atom. The van der Waals surface area contributed by atoms with Crippen molar-refractivity contribution in [3.63, 3.8) is 0 Å². The second-order valence-electron chi connectivity index (χ2n) is 3.36. The average molecular weight is 423 g/mol. The third-order valence-electron chi connectivity index (χ3n) is 2.00. The van der Waals surface area contributed by atoms with Gasteiger partial charge in [-0.05, 0) is 50.4 Å². The molecule has 0 aliphatic carbocycles. The van der Waals surface area contributed by atoms with Gasteiger partial charge in [0.05, 0.1) is 28.4 Å². The van der Waals surface area contributed by atoms with Gasteiger partial charge in [0, 0.05) is 10.7 Å². The Balaban J connectivity index is 2.60. The van der Waals surface area contributed by atoms with Gasteiger partial charge in [0.15, 0.2) is 0 Å². The van der Waals surface area contributed by atoms with Crippen molar-refractivity contribution in [2.75, 3.05) is 19.5 Å². The van der Waals surface area contributed by atoms with Crippen molar-refractivity contribution in [2.24, 2.45) is 0 Å². The Labute approximate surface area is 127 Å². The molecule has 1 aromatic rings. The highest BCUT2D eigenvalue weighted by molar-refractivity contribution is 9.11. The smallest absolute Gasteiger partial charge is 0.232 e. The van der Waals surface area contributed by atoms with E-state index in [9.17, 15) is 8.42 Å². The molecule has 1 aromatic carbocycles. The Morgan fingerprint density at radius 1 is 1.22 bits per heavy atom. The molecule has 0 aliphatic heterocycles. The van der Waals surface area contributed by atoms with Crippen LogP contribution in [0.1, 0.15) is 6.42 Å². The van der Waals surface area contributed by atoms with Crippen LogP contribution in [-0.4, -0.2) is 27.9 Å². The van der Waals surface area contributed by atoms with Crippen LogP contribution < -0.4 is 9.47 Å². The number of rotatable bonds is 6. The molecule has 0 radical (unpaired) electrons. The molecule has 0 amide bonds. The fraction of sp³-hybridized carbons (Fsp3) is 0.400. The quantitative estimate of drug-likeness (QED) is 0.520. The lowest BCUT2D eigenvalue weighted by molar-refractivity contribution is 0.314. The molecule has 0 saturated heterocycles. The molecule has 8 heteroatoms. The van der Waals surface area contributed by atoms with Crippen molar-refractivity contribution < 1.29 is 17.9 Å². The molecule has 18 heavy (non-hydrogen) atoms. The average Bonchev–Trinajstić information content (AvgIpc) is 2.27. The molecule has 0 unspecified atom stereocenters. The molecule has 0 spiro atoms. The van der Waals surface area contributed by atoms with Crippen LogP contribution in [0.15, 0.2) is 21.1 Å². The number of benzene rings is 1. The topological polar surface area (TPSA) is 52.6 Å². The van der Waals surface area contributed by atoms with Crippen LogP contribution in [0.5, 0.6) is 11.5 Å². The number of ether oxygens (including phenoxy) is 2. The summed E-state index contributed by atoms with van der Waals surface area (Å²) in [6.07, 6.45) is 0.335. The van der Waals surface area contributed by atoms with E-state index >= 15 is 0 Å². The monoisotopic (exact) mass is 420 g/mol. The van der Waals surface area contributed by atoms with Crippen molar-refractivity contribution in [3.05, 3.63) is 21.1 Å². The molecule has 0 atom stereocenters. The van der Waals surface area contributed by atoms with Gasteiger partial charge >= 0.3 is 0 Å². The van der Waals surface area contributed by atoms with Crippen LogP contribution in [0.25, 0.3) is 0 Å². The maximum absolute atomic E-state index is 10.7. The molecular weight excluding hydrogens is 411 g/mol. The van der Waals surface area contributed by atoms with E-state index in [0.717, 1.165) is 8.95 Å². The highest BCUT2D eigenvalue weighted by Gasteiger charge is 2.09. The van der Waals surface area contributed by atoms with E-state index in [1.165, 1.54) is 0 Å². The van der Waals surface area contributed by atoms with E-state index in [1.54, 1.807) is 19.2 Å². The van der Waals surface area contributed by atoms with Crippen molar-refractivity contribution in [1.29, 1.82) is 0 Å². The molecule has 0 N–H and O–H groups in total. The fourth-order valence-corrected chi connectivity index (χ4v) is 2.90. The lowest BCUT2D eigenvalue weighted by Crippen LogP contribution is -2.05. The van der Waals surface area contributed by atoms with Crippen LogP contribution in [0.4, 0.5) is 0 Å². The summed E-state index contributed by atoms with van der Waals surface area (Å²) in [7, 11) is 3.21. The van der Waals surface area contributed by atoms with E-state index in [1.807, 2.05) is 0 Å².